The SMILES string of the molecule is COc1ccc(CNC(=O)C2=NO[C@@H]3CN(c4ccccn4)C[C@H]23)cc1OC. The predicted molar refractivity (Wildman–Crippen MR) is 104 cm³/mol. The van der Waals surface area contributed by atoms with Gasteiger partial charge in [0.25, 0.3) is 5.91 Å². The summed E-state index contributed by atoms with van der Waals surface area (Å²) in [5.41, 5.74) is 1.34. The molecule has 28 heavy (non-hydrogen) atoms. The molecule has 0 radical (unpaired) electrons. The van der Waals surface area contributed by atoms with Crippen LogP contribution in [0.4, 0.5) is 5.82 Å². The first kappa shape index (κ1) is 18.1. The molecule has 0 spiro atoms. The van der Waals surface area contributed by atoms with Crippen molar-refractivity contribution in [2.24, 2.45) is 11.1 Å². The molecule has 146 valence electrons. The van der Waals surface area contributed by atoms with Crippen molar-refractivity contribution in [2.75, 3.05) is 32.2 Å². The van der Waals surface area contributed by atoms with E-state index in [1.54, 1.807) is 20.4 Å². The number of carbonyl (C=O) groups excluding carboxylic acids is 1. The second-order valence-electron chi connectivity index (χ2n) is 6.69. The standard InChI is InChI=1S/C20H22N4O4/c1-26-15-7-6-13(9-16(15)27-2)10-22-20(25)19-14-11-24(12-17(14)28-23-19)18-5-3-4-8-21-18/h3-9,14,17H,10-12H2,1-2H3,(H,22,25)/t14-,17+/m0/s1. The number of nitrogens with zero attached hydrogens (tertiary/aromatic N) is 3. The van der Waals surface area contributed by atoms with Crippen LogP contribution < -0.4 is 19.7 Å². The third-order valence-corrected chi connectivity index (χ3v) is 5.01. The van der Waals surface area contributed by atoms with E-state index in [0.29, 0.717) is 36.8 Å². The van der Waals surface area contributed by atoms with Gasteiger partial charge in [-0.2, -0.15) is 0 Å². The summed E-state index contributed by atoms with van der Waals surface area (Å²) in [6.07, 6.45) is 1.64. The van der Waals surface area contributed by atoms with Gasteiger partial charge in [0, 0.05) is 19.3 Å². The number of hydrogen-bond acceptors (Lipinski definition) is 7. The zero-order chi connectivity index (χ0) is 19.5. The maximum atomic E-state index is 12.7. The van der Waals surface area contributed by atoms with Crippen LogP contribution >= 0.6 is 0 Å². The van der Waals surface area contributed by atoms with Crippen molar-refractivity contribution in [1.82, 2.24) is 10.3 Å². The lowest BCUT2D eigenvalue weighted by molar-refractivity contribution is -0.115. The number of nitrogens with one attached hydrogen (secondary N) is 1. The molecule has 1 fully saturated rings. The third kappa shape index (κ3) is 3.45. The Labute approximate surface area is 163 Å². The lowest BCUT2D eigenvalue weighted by Crippen LogP contribution is -2.36. The molecule has 2 aliphatic heterocycles. The number of fused-ring (bicyclic) bond motifs is 1. The van der Waals surface area contributed by atoms with Crippen molar-refractivity contribution >= 4 is 17.4 Å². The van der Waals surface area contributed by atoms with Crippen LogP contribution in [0.5, 0.6) is 11.5 Å². The van der Waals surface area contributed by atoms with E-state index in [0.717, 1.165) is 11.4 Å². The molecule has 2 atom stereocenters. The molecular weight excluding hydrogens is 360 g/mol. The second-order valence-corrected chi connectivity index (χ2v) is 6.69. The molecule has 0 saturated carbocycles. The maximum absolute atomic E-state index is 12.7. The first-order chi connectivity index (χ1) is 13.7. The third-order valence-electron chi connectivity index (χ3n) is 5.01. The number of benzene rings is 1. The Hall–Kier alpha value is -3.29. The summed E-state index contributed by atoms with van der Waals surface area (Å²) in [5.74, 6) is 1.87. The van der Waals surface area contributed by atoms with Crippen molar-refractivity contribution in [3.05, 3.63) is 48.2 Å². The summed E-state index contributed by atoms with van der Waals surface area (Å²) < 4.78 is 10.5. The van der Waals surface area contributed by atoms with Crippen molar-refractivity contribution < 1.29 is 19.1 Å². The Balaban J connectivity index is 1.38. The summed E-state index contributed by atoms with van der Waals surface area (Å²) in [5, 5.41) is 6.95. The van der Waals surface area contributed by atoms with Crippen LogP contribution in [0, 0.1) is 5.92 Å². The molecule has 1 aromatic heterocycles. The molecule has 1 saturated heterocycles. The summed E-state index contributed by atoms with van der Waals surface area (Å²) in [7, 11) is 3.17. The quantitative estimate of drug-likeness (QED) is 0.817. The highest BCUT2D eigenvalue weighted by molar-refractivity contribution is 6.40. The van der Waals surface area contributed by atoms with E-state index >= 15 is 0 Å². The van der Waals surface area contributed by atoms with Gasteiger partial charge in [-0.1, -0.05) is 17.3 Å². The molecule has 3 heterocycles. The number of pyridine rings is 1. The lowest BCUT2D eigenvalue weighted by atomic mass is 10.0. The fourth-order valence-corrected chi connectivity index (χ4v) is 3.54. The topological polar surface area (TPSA) is 85.3 Å². The highest BCUT2D eigenvalue weighted by Gasteiger charge is 2.45. The van der Waals surface area contributed by atoms with Crippen molar-refractivity contribution in [1.29, 1.82) is 0 Å². The van der Waals surface area contributed by atoms with Crippen LogP contribution in [0.1, 0.15) is 5.56 Å². The van der Waals surface area contributed by atoms with Gasteiger partial charge >= 0.3 is 0 Å². The van der Waals surface area contributed by atoms with E-state index in [2.05, 4.69) is 20.4 Å². The molecule has 0 bridgehead atoms. The Bertz CT molecular complexity index is 887. The van der Waals surface area contributed by atoms with Gasteiger partial charge in [-0.05, 0) is 29.8 Å². The van der Waals surface area contributed by atoms with Crippen LogP contribution in [0.2, 0.25) is 0 Å². The average Bonchev–Trinajstić information content (AvgIpc) is 3.33. The first-order valence-electron chi connectivity index (χ1n) is 9.08. The fourth-order valence-electron chi connectivity index (χ4n) is 3.54. The average molecular weight is 382 g/mol. The monoisotopic (exact) mass is 382 g/mol. The first-order valence-corrected chi connectivity index (χ1v) is 9.08. The van der Waals surface area contributed by atoms with E-state index < -0.39 is 0 Å². The number of amides is 1. The van der Waals surface area contributed by atoms with E-state index in [1.807, 2.05) is 36.4 Å². The number of methoxy groups -OCH3 is 2. The van der Waals surface area contributed by atoms with E-state index in [1.165, 1.54) is 0 Å². The Morgan fingerprint density at radius 3 is 2.82 bits per heavy atom. The normalized spacial score (nSPS) is 20.2. The van der Waals surface area contributed by atoms with Crippen LogP contribution in [0.3, 0.4) is 0 Å². The minimum absolute atomic E-state index is 0.0626. The molecule has 4 rings (SSSR count). The predicted octanol–water partition coefficient (Wildman–Crippen LogP) is 1.61. The van der Waals surface area contributed by atoms with Gasteiger partial charge in [-0.25, -0.2) is 4.98 Å². The van der Waals surface area contributed by atoms with Gasteiger partial charge in [0.15, 0.2) is 23.3 Å². The number of ether oxygens (including phenoxy) is 2. The number of oxime groups is 1. The smallest absolute Gasteiger partial charge is 0.269 e. The number of rotatable bonds is 6. The molecule has 2 aliphatic rings. The number of hydrogen-bond donors (Lipinski definition) is 1. The maximum Gasteiger partial charge on any atom is 0.269 e. The highest BCUT2D eigenvalue weighted by Crippen LogP contribution is 2.30. The van der Waals surface area contributed by atoms with Gasteiger partial charge in [-0.3, -0.25) is 4.79 Å². The lowest BCUT2D eigenvalue weighted by Gasteiger charge is -2.17. The van der Waals surface area contributed by atoms with Crippen molar-refractivity contribution in [2.45, 2.75) is 12.6 Å². The van der Waals surface area contributed by atoms with E-state index in [4.69, 9.17) is 14.3 Å². The summed E-state index contributed by atoms with van der Waals surface area (Å²) in [6.45, 7) is 1.68. The van der Waals surface area contributed by atoms with Gasteiger partial charge in [-0.15, -0.1) is 0 Å². The minimum Gasteiger partial charge on any atom is -0.493 e. The second kappa shape index (κ2) is 7.75. The summed E-state index contributed by atoms with van der Waals surface area (Å²) >= 11 is 0. The largest absolute Gasteiger partial charge is 0.493 e. The van der Waals surface area contributed by atoms with Crippen LogP contribution in [-0.2, 0) is 16.2 Å². The zero-order valence-corrected chi connectivity index (χ0v) is 15.8. The molecular formula is C20H22N4O4. The van der Waals surface area contributed by atoms with Crippen molar-refractivity contribution in [3.8, 4) is 11.5 Å². The van der Waals surface area contributed by atoms with Crippen LogP contribution in [0.25, 0.3) is 0 Å². The van der Waals surface area contributed by atoms with Crippen LogP contribution in [-0.4, -0.2) is 50.0 Å². The molecule has 2 aromatic rings. The van der Waals surface area contributed by atoms with E-state index in [-0.39, 0.29) is 17.9 Å². The van der Waals surface area contributed by atoms with Crippen LogP contribution in [0.15, 0.2) is 47.8 Å². The molecule has 8 nitrogen and oxygen atoms in total. The molecule has 1 N–H and O–H groups in total. The molecule has 1 aromatic carbocycles. The number of anilines is 1. The van der Waals surface area contributed by atoms with E-state index in [9.17, 15) is 4.79 Å². The van der Waals surface area contributed by atoms with Gasteiger partial charge in [0.05, 0.1) is 26.7 Å². The molecule has 0 unspecified atom stereocenters. The summed E-state index contributed by atoms with van der Waals surface area (Å²) in [6, 6.07) is 11.3. The fraction of sp³-hybridized carbons (Fsp3) is 0.350. The Morgan fingerprint density at radius 1 is 1.21 bits per heavy atom. The summed E-state index contributed by atoms with van der Waals surface area (Å²) in [4.78, 5) is 24.7. The molecule has 8 heteroatoms. The number of carbonyl (C=O) groups is 1. The highest BCUT2D eigenvalue weighted by atomic mass is 16.6. The molecule has 1 amide bonds. The van der Waals surface area contributed by atoms with Gasteiger partial charge in [0.1, 0.15) is 5.82 Å². The zero-order valence-electron chi connectivity index (χ0n) is 15.8. The Morgan fingerprint density at radius 2 is 2.07 bits per heavy atom. The number of aromatic nitrogens is 1. The Kier molecular flexibility index (Phi) is 5.01. The van der Waals surface area contributed by atoms with Crippen molar-refractivity contribution in [3.63, 3.8) is 0 Å². The molecule has 0 aliphatic carbocycles. The minimum atomic E-state index is -0.217. The van der Waals surface area contributed by atoms with Gasteiger partial charge in [0.2, 0.25) is 0 Å². The van der Waals surface area contributed by atoms with Gasteiger partial charge < -0.3 is 24.5 Å².